The van der Waals surface area contributed by atoms with Gasteiger partial charge >= 0.3 is 0 Å². The fourth-order valence-electron chi connectivity index (χ4n) is 2.24. The lowest BCUT2D eigenvalue weighted by Gasteiger charge is -2.21. The van der Waals surface area contributed by atoms with E-state index in [9.17, 15) is 8.78 Å². The maximum atomic E-state index is 14.2. The molecular weight excluding hydrogens is 340 g/mol. The summed E-state index contributed by atoms with van der Waals surface area (Å²) in [5.74, 6) is -0.640. The zero-order valence-electron chi connectivity index (χ0n) is 11.8. The van der Waals surface area contributed by atoms with Crippen molar-refractivity contribution < 1.29 is 13.5 Å². The molecule has 0 fully saturated rings. The third-order valence-electron chi connectivity index (χ3n) is 3.21. The fourth-order valence-corrected chi connectivity index (χ4v) is 2.81. The van der Waals surface area contributed by atoms with Gasteiger partial charge in [-0.3, -0.25) is 0 Å². The van der Waals surface area contributed by atoms with E-state index in [0.717, 1.165) is 0 Å². The highest BCUT2D eigenvalue weighted by atomic mass is 79.9. The number of methoxy groups -OCH3 is 1. The second kappa shape index (κ2) is 7.00. The Morgan fingerprint density at radius 1 is 1.19 bits per heavy atom. The van der Waals surface area contributed by atoms with E-state index in [0.29, 0.717) is 22.1 Å². The van der Waals surface area contributed by atoms with Crippen LogP contribution in [-0.4, -0.2) is 13.7 Å². The summed E-state index contributed by atoms with van der Waals surface area (Å²) in [6.45, 7) is 2.54. The van der Waals surface area contributed by atoms with Gasteiger partial charge in [0.05, 0.1) is 13.2 Å². The van der Waals surface area contributed by atoms with Gasteiger partial charge in [0.15, 0.2) is 11.6 Å². The molecule has 0 radical (unpaired) electrons. The van der Waals surface area contributed by atoms with Crippen LogP contribution < -0.4 is 10.1 Å². The largest absolute Gasteiger partial charge is 0.494 e. The quantitative estimate of drug-likeness (QED) is 0.856. The molecule has 21 heavy (non-hydrogen) atoms. The lowest BCUT2D eigenvalue weighted by Crippen LogP contribution is -2.23. The number of halogens is 3. The maximum Gasteiger partial charge on any atom is 0.165 e. The third kappa shape index (κ3) is 3.41. The van der Waals surface area contributed by atoms with Gasteiger partial charge in [-0.2, -0.15) is 0 Å². The minimum atomic E-state index is -0.467. The Morgan fingerprint density at radius 2 is 1.95 bits per heavy atom. The molecule has 1 atom stereocenters. The number of hydrogen-bond acceptors (Lipinski definition) is 2. The molecule has 0 saturated carbocycles. The van der Waals surface area contributed by atoms with E-state index < -0.39 is 11.9 Å². The van der Waals surface area contributed by atoms with E-state index in [1.807, 2.05) is 6.92 Å². The van der Waals surface area contributed by atoms with Crippen LogP contribution in [0.1, 0.15) is 24.1 Å². The highest BCUT2D eigenvalue weighted by Crippen LogP contribution is 2.32. The molecule has 0 aliphatic rings. The molecule has 0 aromatic heterocycles. The van der Waals surface area contributed by atoms with Crippen LogP contribution in [-0.2, 0) is 0 Å². The Kier molecular flexibility index (Phi) is 5.31. The molecule has 0 bridgehead atoms. The van der Waals surface area contributed by atoms with Crippen molar-refractivity contribution in [1.29, 1.82) is 0 Å². The zero-order valence-corrected chi connectivity index (χ0v) is 13.4. The number of nitrogens with one attached hydrogen (secondary N) is 1. The predicted molar refractivity (Wildman–Crippen MR) is 82.6 cm³/mol. The van der Waals surface area contributed by atoms with E-state index >= 15 is 0 Å². The summed E-state index contributed by atoms with van der Waals surface area (Å²) < 4.78 is 33.6. The van der Waals surface area contributed by atoms with Gasteiger partial charge in [-0.15, -0.1) is 0 Å². The predicted octanol–water partition coefficient (Wildman–Crippen LogP) is 4.43. The van der Waals surface area contributed by atoms with E-state index in [4.69, 9.17) is 4.74 Å². The summed E-state index contributed by atoms with van der Waals surface area (Å²) >= 11 is 3.36. The average molecular weight is 356 g/mol. The van der Waals surface area contributed by atoms with Crippen molar-refractivity contribution in [2.24, 2.45) is 0 Å². The standard InChI is InChI=1S/C16H16BrF2NO/c1-3-20-16(15-11(17)5-4-6-12(15)18)10-7-8-14(21-2)13(19)9-10/h4-9,16,20H,3H2,1-2H3. The third-order valence-corrected chi connectivity index (χ3v) is 3.90. The molecule has 1 N–H and O–H groups in total. The lowest BCUT2D eigenvalue weighted by atomic mass is 9.98. The molecule has 0 aliphatic heterocycles. The molecule has 1 unspecified atom stereocenters. The maximum absolute atomic E-state index is 14.2. The monoisotopic (exact) mass is 355 g/mol. The van der Waals surface area contributed by atoms with Crippen LogP contribution in [0, 0.1) is 11.6 Å². The number of rotatable bonds is 5. The highest BCUT2D eigenvalue weighted by Gasteiger charge is 2.21. The van der Waals surface area contributed by atoms with Crippen LogP contribution in [0.15, 0.2) is 40.9 Å². The molecular formula is C16H16BrF2NO. The summed E-state index contributed by atoms with van der Waals surface area (Å²) in [5, 5.41) is 3.18. The molecule has 5 heteroatoms. The smallest absolute Gasteiger partial charge is 0.165 e. The first kappa shape index (κ1) is 15.9. The molecule has 0 heterocycles. The van der Waals surface area contributed by atoms with E-state index in [2.05, 4.69) is 21.2 Å². The Labute approximate surface area is 131 Å². The van der Waals surface area contributed by atoms with Gasteiger partial charge in [-0.1, -0.05) is 35.0 Å². The van der Waals surface area contributed by atoms with Crippen molar-refractivity contribution >= 4 is 15.9 Å². The minimum Gasteiger partial charge on any atom is -0.494 e. The Morgan fingerprint density at radius 3 is 2.52 bits per heavy atom. The first-order valence-electron chi connectivity index (χ1n) is 6.59. The van der Waals surface area contributed by atoms with E-state index in [1.54, 1.807) is 24.3 Å². The van der Waals surface area contributed by atoms with Gasteiger partial charge in [0.25, 0.3) is 0 Å². The van der Waals surface area contributed by atoms with Crippen molar-refractivity contribution in [2.75, 3.05) is 13.7 Å². The molecule has 0 amide bonds. The molecule has 2 aromatic rings. The molecule has 2 nitrogen and oxygen atoms in total. The second-order valence-electron chi connectivity index (χ2n) is 4.52. The summed E-state index contributed by atoms with van der Waals surface area (Å²) in [7, 11) is 1.41. The fraction of sp³-hybridized carbons (Fsp3) is 0.250. The van der Waals surface area contributed by atoms with Gasteiger partial charge in [-0.25, -0.2) is 8.78 Å². The van der Waals surface area contributed by atoms with Gasteiger partial charge in [0.2, 0.25) is 0 Å². The molecule has 0 spiro atoms. The number of hydrogen-bond donors (Lipinski definition) is 1. The van der Waals surface area contributed by atoms with Crippen LogP contribution >= 0.6 is 15.9 Å². The molecule has 2 rings (SSSR count). The Balaban J connectivity index is 2.51. The van der Waals surface area contributed by atoms with Crippen LogP contribution in [0.25, 0.3) is 0 Å². The second-order valence-corrected chi connectivity index (χ2v) is 5.37. The first-order valence-corrected chi connectivity index (χ1v) is 7.38. The zero-order chi connectivity index (χ0) is 15.4. The van der Waals surface area contributed by atoms with Gasteiger partial charge < -0.3 is 10.1 Å². The average Bonchev–Trinajstić information content (AvgIpc) is 2.46. The molecule has 0 saturated heterocycles. The van der Waals surface area contributed by atoms with Crippen LogP contribution in [0.2, 0.25) is 0 Å². The Bertz CT molecular complexity index is 613. The van der Waals surface area contributed by atoms with E-state index in [1.165, 1.54) is 19.2 Å². The summed E-state index contributed by atoms with van der Waals surface area (Å²) in [5.41, 5.74) is 1.10. The van der Waals surface area contributed by atoms with Crippen LogP contribution in [0.4, 0.5) is 8.78 Å². The minimum absolute atomic E-state index is 0.168. The van der Waals surface area contributed by atoms with Gasteiger partial charge in [0, 0.05) is 10.0 Å². The first-order chi connectivity index (χ1) is 10.1. The van der Waals surface area contributed by atoms with E-state index in [-0.39, 0.29) is 11.6 Å². The summed E-state index contributed by atoms with van der Waals surface area (Å²) in [6, 6.07) is 8.99. The topological polar surface area (TPSA) is 21.3 Å². The molecule has 0 aliphatic carbocycles. The molecule has 2 aromatic carbocycles. The number of benzene rings is 2. The van der Waals surface area contributed by atoms with Gasteiger partial charge in [0.1, 0.15) is 5.82 Å². The van der Waals surface area contributed by atoms with Crippen molar-refractivity contribution in [1.82, 2.24) is 5.32 Å². The van der Waals surface area contributed by atoms with Crippen molar-refractivity contribution in [3.05, 3.63) is 63.6 Å². The van der Waals surface area contributed by atoms with Gasteiger partial charge in [-0.05, 0) is 36.4 Å². The SMILES string of the molecule is CCNC(c1ccc(OC)c(F)c1)c1c(F)cccc1Br. The summed E-state index contributed by atoms with van der Waals surface area (Å²) in [4.78, 5) is 0. The van der Waals surface area contributed by atoms with Crippen LogP contribution in [0.3, 0.4) is 0 Å². The summed E-state index contributed by atoms with van der Waals surface area (Å²) in [6.07, 6.45) is 0. The van der Waals surface area contributed by atoms with Crippen molar-refractivity contribution in [3.8, 4) is 5.75 Å². The Hall–Kier alpha value is -1.46. The highest BCUT2D eigenvalue weighted by molar-refractivity contribution is 9.10. The lowest BCUT2D eigenvalue weighted by molar-refractivity contribution is 0.385. The van der Waals surface area contributed by atoms with Crippen molar-refractivity contribution in [2.45, 2.75) is 13.0 Å². The van der Waals surface area contributed by atoms with Crippen molar-refractivity contribution in [3.63, 3.8) is 0 Å². The number of ether oxygens (including phenoxy) is 1. The molecule has 112 valence electrons. The normalized spacial score (nSPS) is 12.2. The van der Waals surface area contributed by atoms with Crippen LogP contribution in [0.5, 0.6) is 5.75 Å².